The molecule has 0 spiro atoms. The van der Waals surface area contributed by atoms with Crippen LogP contribution in [0.25, 0.3) is 5.76 Å². The Labute approximate surface area is 204 Å². The largest absolute Gasteiger partial charge is 0.507 e. The number of likely N-dealkylation sites (tertiary alicyclic amines) is 1. The number of hydrogen-bond donors (Lipinski definition) is 1. The third kappa shape index (κ3) is 4.61. The molecule has 1 saturated heterocycles. The van der Waals surface area contributed by atoms with Gasteiger partial charge in [0.15, 0.2) is 11.5 Å². The molecule has 0 aliphatic carbocycles. The van der Waals surface area contributed by atoms with E-state index in [-0.39, 0.29) is 29.0 Å². The van der Waals surface area contributed by atoms with Gasteiger partial charge in [0.2, 0.25) is 0 Å². The maximum absolute atomic E-state index is 13.2. The maximum Gasteiger partial charge on any atom is 0.416 e. The molecule has 2 aromatic carbocycles. The number of aromatic nitrogens is 1. The monoisotopic (exact) mass is 498 g/mol. The first kappa shape index (κ1) is 24.8. The summed E-state index contributed by atoms with van der Waals surface area (Å²) in [5, 5.41) is 11.2. The molecule has 2 heterocycles. The summed E-state index contributed by atoms with van der Waals surface area (Å²) in [5.74, 6) is -1.71. The molecule has 1 aromatic heterocycles. The van der Waals surface area contributed by atoms with Crippen molar-refractivity contribution in [2.24, 2.45) is 0 Å². The first-order valence-corrected chi connectivity index (χ1v) is 10.7. The lowest BCUT2D eigenvalue weighted by Crippen LogP contribution is -2.29. The number of aliphatic hydroxyl groups is 1. The molecule has 1 unspecified atom stereocenters. The fourth-order valence-corrected chi connectivity index (χ4v) is 4.11. The van der Waals surface area contributed by atoms with Crippen LogP contribution in [0.3, 0.4) is 0 Å². The van der Waals surface area contributed by atoms with Gasteiger partial charge in [-0.3, -0.25) is 14.6 Å². The molecular weight excluding hydrogens is 477 g/mol. The van der Waals surface area contributed by atoms with Gasteiger partial charge in [-0.05, 0) is 47.5 Å². The van der Waals surface area contributed by atoms with E-state index >= 15 is 0 Å². The number of benzene rings is 2. The van der Waals surface area contributed by atoms with Crippen molar-refractivity contribution in [1.82, 2.24) is 9.88 Å². The van der Waals surface area contributed by atoms with E-state index in [2.05, 4.69) is 4.98 Å². The number of alkyl halides is 3. The zero-order valence-corrected chi connectivity index (χ0v) is 19.2. The van der Waals surface area contributed by atoms with E-state index < -0.39 is 35.2 Å². The second-order valence-corrected chi connectivity index (χ2v) is 7.98. The highest BCUT2D eigenvalue weighted by Crippen LogP contribution is 2.41. The summed E-state index contributed by atoms with van der Waals surface area (Å²) in [6, 6.07) is 11.1. The van der Waals surface area contributed by atoms with E-state index in [4.69, 9.17) is 9.47 Å². The maximum atomic E-state index is 13.2. The summed E-state index contributed by atoms with van der Waals surface area (Å²) in [6.45, 7) is -0.295. The van der Waals surface area contributed by atoms with Crippen molar-refractivity contribution in [2.75, 3.05) is 14.2 Å². The van der Waals surface area contributed by atoms with Crippen molar-refractivity contribution in [3.8, 4) is 11.5 Å². The van der Waals surface area contributed by atoms with Gasteiger partial charge in [-0.25, -0.2) is 0 Å². The summed E-state index contributed by atoms with van der Waals surface area (Å²) in [6.07, 6.45) is -1.64. The molecule has 186 valence electrons. The van der Waals surface area contributed by atoms with E-state index in [9.17, 15) is 27.9 Å². The lowest BCUT2D eigenvalue weighted by atomic mass is 9.96. The van der Waals surface area contributed by atoms with Crippen LogP contribution in [0, 0.1) is 0 Å². The number of Topliss-reactive ketones (excluding diaryl/α,β-unsaturated/α-hetero) is 1. The Morgan fingerprint density at radius 3 is 2.42 bits per heavy atom. The fourth-order valence-electron chi connectivity index (χ4n) is 4.11. The Morgan fingerprint density at radius 1 is 1.03 bits per heavy atom. The topological polar surface area (TPSA) is 89.0 Å². The smallest absolute Gasteiger partial charge is 0.416 e. The van der Waals surface area contributed by atoms with Crippen molar-refractivity contribution in [2.45, 2.75) is 18.8 Å². The molecule has 4 rings (SSSR count). The number of ether oxygens (including phenoxy) is 2. The highest BCUT2D eigenvalue weighted by Gasteiger charge is 2.46. The molecule has 1 aliphatic rings. The Morgan fingerprint density at radius 2 is 1.78 bits per heavy atom. The summed E-state index contributed by atoms with van der Waals surface area (Å²) < 4.78 is 50.2. The molecule has 1 atom stereocenters. The molecule has 0 radical (unpaired) electrons. The Kier molecular flexibility index (Phi) is 6.69. The molecule has 0 bridgehead atoms. The quantitative estimate of drug-likeness (QED) is 0.300. The molecule has 10 heteroatoms. The van der Waals surface area contributed by atoms with Crippen LogP contribution < -0.4 is 9.47 Å². The summed E-state index contributed by atoms with van der Waals surface area (Å²) >= 11 is 0. The van der Waals surface area contributed by atoms with Crippen LogP contribution in [0.1, 0.15) is 28.3 Å². The van der Waals surface area contributed by atoms with Crippen molar-refractivity contribution in [3.63, 3.8) is 0 Å². The van der Waals surface area contributed by atoms with Gasteiger partial charge in [-0.15, -0.1) is 0 Å². The number of hydrogen-bond acceptors (Lipinski definition) is 6. The molecule has 1 fully saturated rings. The molecular formula is C26H21F3N2O5. The second kappa shape index (κ2) is 9.73. The van der Waals surface area contributed by atoms with Crippen LogP contribution >= 0.6 is 0 Å². The summed E-state index contributed by atoms with van der Waals surface area (Å²) in [7, 11) is 2.85. The van der Waals surface area contributed by atoms with Crippen molar-refractivity contribution >= 4 is 17.4 Å². The normalized spacial score (nSPS) is 17.4. The van der Waals surface area contributed by atoms with E-state index in [1.807, 2.05) is 0 Å². The molecule has 1 N–H and O–H groups in total. The lowest BCUT2D eigenvalue weighted by molar-refractivity contribution is -0.140. The number of aliphatic hydroxyl groups excluding tert-OH is 1. The lowest BCUT2D eigenvalue weighted by Gasteiger charge is -2.25. The van der Waals surface area contributed by atoms with Crippen molar-refractivity contribution in [3.05, 3.63) is 94.8 Å². The first-order valence-electron chi connectivity index (χ1n) is 10.7. The molecule has 1 amide bonds. The molecule has 1 aliphatic heterocycles. The number of ketones is 1. The number of amides is 1. The van der Waals surface area contributed by atoms with Crippen LogP contribution in [0.4, 0.5) is 13.2 Å². The standard InChI is InChI=1S/C26H21F3N2O5/c1-35-19-9-8-16(12-20(19)36-2)23(32)21-22(17-6-4-10-30-13-17)31(25(34)24(21)33)14-15-5-3-7-18(11-15)26(27,28)29/h3-13,22,32H,14H2,1-2H3/b23-21+. The van der Waals surface area contributed by atoms with Crippen LogP contribution in [-0.2, 0) is 22.3 Å². The third-order valence-corrected chi connectivity index (χ3v) is 5.80. The Balaban J connectivity index is 1.83. The minimum absolute atomic E-state index is 0.173. The van der Waals surface area contributed by atoms with Crippen molar-refractivity contribution < 1.29 is 37.3 Å². The number of methoxy groups -OCH3 is 2. The fraction of sp³-hybridized carbons (Fsp3) is 0.192. The predicted molar refractivity (Wildman–Crippen MR) is 123 cm³/mol. The van der Waals surface area contributed by atoms with Crippen LogP contribution in [0.5, 0.6) is 11.5 Å². The summed E-state index contributed by atoms with van der Waals surface area (Å²) in [5.41, 5.74) is -0.317. The SMILES string of the molecule is COc1ccc(/C(O)=C2\C(=O)C(=O)N(Cc3cccc(C(F)(F)F)c3)C2c2cccnc2)cc1OC. The van der Waals surface area contributed by atoms with Crippen molar-refractivity contribution in [1.29, 1.82) is 0 Å². The highest BCUT2D eigenvalue weighted by atomic mass is 19.4. The van der Waals surface area contributed by atoms with Gasteiger partial charge >= 0.3 is 6.18 Å². The van der Waals surface area contributed by atoms with Gasteiger partial charge in [0, 0.05) is 24.5 Å². The first-order chi connectivity index (χ1) is 17.2. The van der Waals surface area contributed by atoms with Gasteiger partial charge in [0.1, 0.15) is 5.76 Å². The van der Waals surface area contributed by atoms with Gasteiger partial charge in [-0.1, -0.05) is 18.2 Å². The van der Waals surface area contributed by atoms with E-state index in [1.54, 1.807) is 12.1 Å². The van der Waals surface area contributed by atoms with E-state index in [1.165, 1.54) is 56.9 Å². The zero-order chi connectivity index (χ0) is 26.0. The minimum Gasteiger partial charge on any atom is -0.507 e. The highest BCUT2D eigenvalue weighted by molar-refractivity contribution is 6.46. The van der Waals surface area contributed by atoms with Crippen LogP contribution in [0.15, 0.2) is 72.6 Å². The van der Waals surface area contributed by atoms with Gasteiger partial charge < -0.3 is 19.5 Å². The summed E-state index contributed by atoms with van der Waals surface area (Å²) in [4.78, 5) is 31.4. The van der Waals surface area contributed by atoms with Crippen LogP contribution in [0.2, 0.25) is 0 Å². The Hall–Kier alpha value is -4.34. The van der Waals surface area contributed by atoms with E-state index in [0.717, 1.165) is 17.0 Å². The van der Waals surface area contributed by atoms with Gasteiger partial charge in [0.25, 0.3) is 11.7 Å². The Bertz CT molecular complexity index is 1340. The third-order valence-electron chi connectivity index (χ3n) is 5.80. The van der Waals surface area contributed by atoms with E-state index in [0.29, 0.717) is 11.3 Å². The number of nitrogens with zero attached hydrogens (tertiary/aromatic N) is 2. The van der Waals surface area contributed by atoms with Gasteiger partial charge in [0.05, 0.1) is 31.4 Å². The molecule has 36 heavy (non-hydrogen) atoms. The average Bonchev–Trinajstić information content (AvgIpc) is 3.13. The molecule has 3 aromatic rings. The average molecular weight is 498 g/mol. The number of pyridine rings is 1. The van der Waals surface area contributed by atoms with Gasteiger partial charge in [-0.2, -0.15) is 13.2 Å². The predicted octanol–water partition coefficient (Wildman–Crippen LogP) is 4.74. The molecule has 7 nitrogen and oxygen atoms in total. The molecule has 0 saturated carbocycles. The second-order valence-electron chi connectivity index (χ2n) is 7.98. The number of rotatable bonds is 6. The number of carbonyl (C=O) groups excluding carboxylic acids is 2. The van der Waals surface area contributed by atoms with Crippen LogP contribution in [-0.4, -0.2) is 40.9 Å². The number of halogens is 3. The minimum atomic E-state index is -4.57. The number of carbonyl (C=O) groups is 2. The zero-order valence-electron chi connectivity index (χ0n) is 19.2.